The highest BCUT2D eigenvalue weighted by atomic mass is 35.5. The van der Waals surface area contributed by atoms with Crippen LogP contribution in [0.25, 0.3) is 22.6 Å². The number of likely N-dealkylation sites (tertiary alicyclic amines) is 4. The summed E-state index contributed by atoms with van der Waals surface area (Å²) >= 11 is 6.18. The van der Waals surface area contributed by atoms with E-state index in [1.54, 1.807) is 71.6 Å². The third kappa shape index (κ3) is 22.6. The highest BCUT2D eigenvalue weighted by Gasteiger charge is 2.39. The van der Waals surface area contributed by atoms with Gasteiger partial charge in [0.1, 0.15) is 23.3 Å². The number of carbonyl (C=O) groups is 4. The zero-order chi connectivity index (χ0) is 99.1. The lowest BCUT2D eigenvalue weighted by atomic mass is 9.97. The Bertz CT molecular complexity index is 6940. The Balaban J connectivity index is 0.000000146. The number of nitrogens with one attached hydrogen (secondary N) is 4. The van der Waals surface area contributed by atoms with E-state index in [2.05, 4.69) is 30.7 Å². The number of carbonyl (C=O) groups excluding carboxylic acids is 4. The van der Waals surface area contributed by atoms with Crippen molar-refractivity contribution >= 4 is 144 Å². The Morgan fingerprint density at radius 2 is 0.599 bits per heavy atom. The standard InChI is InChI=1S/C26H34N6O3S.C24H32N6O3S.C23H29ClN6O3S.C23H30N6O3S/c1-17-10-11-21(29-36(4,34)35)20(15-17)26(33)31-14-6-5-9-23(31)22-16-24-27-19(3)18(2)25(32(24)28-22)30-12-7-8-13-30;1-15-10-11-19(27-34(6,32)33)18(13-15)24(31)29-12-8-7-9-21(29)20-14-22-25-17(3)16(2)23(28(4)5)30(22)26-20;1-14-15(2)25-21-13-19(26-30(21)22(14)28(3)4)20-8-6-7-11-29(20)23(31)17-12-16(24)9-10-18(17)27-34(5,32)33;1-15-16(2)24-21-14-19(25-29(21)22(15)27(3)4)20-12-8-9-13-28(20)23(30)17-10-6-7-11-18(17)26-33(5,31)32/h10-11,15-16,23,29H,5-9,12-14H2,1-4H3;10-11,13-14,21,27H,7-9,12H2,1-6H3;9-10,12-13,20,27H,6-8,11H2,1-5H3;6-7,10-11,14,20,26H,8-9,12-13H2,1-5H3/t23-;21-;2*20-/m0000/s1. The minimum absolute atomic E-state index is 0.188. The van der Waals surface area contributed by atoms with E-state index in [1.807, 2.05) is 176 Å². The maximum atomic E-state index is 13.9. The Labute approximate surface area is 807 Å². The van der Waals surface area contributed by atoms with Crippen LogP contribution in [-0.2, 0) is 40.1 Å². The van der Waals surface area contributed by atoms with Gasteiger partial charge in [0.15, 0.2) is 22.6 Å². The average molecular weight is 1970 g/mol. The average Bonchev–Trinajstić information content (AvgIpc) is 1.62. The minimum atomic E-state index is -3.57. The second-order valence-corrected chi connectivity index (χ2v) is 44.6. The summed E-state index contributed by atoms with van der Waals surface area (Å²) in [6.45, 7) is 24.2. The summed E-state index contributed by atoms with van der Waals surface area (Å²) in [4.78, 5) is 89.6. The van der Waals surface area contributed by atoms with Gasteiger partial charge >= 0.3 is 0 Å². The highest BCUT2D eigenvalue weighted by molar-refractivity contribution is 7.92. The molecule has 36 nitrogen and oxygen atoms in total. The first-order chi connectivity index (χ1) is 64.6. The number of hydrogen-bond acceptors (Lipinski definition) is 24. The molecule has 17 rings (SSSR count). The van der Waals surface area contributed by atoms with E-state index in [-0.39, 0.29) is 64.7 Å². The molecular formula is C96H125ClN24O12S4. The van der Waals surface area contributed by atoms with Gasteiger partial charge in [-0.1, -0.05) is 47.0 Å². The van der Waals surface area contributed by atoms with Gasteiger partial charge in [-0.3, -0.25) is 38.1 Å². The van der Waals surface area contributed by atoms with Crippen molar-refractivity contribution in [2.75, 3.05) is 145 Å². The number of sulfonamides is 4. The number of aryl methyl sites for hydroxylation is 6. The third-order valence-electron chi connectivity index (χ3n) is 25.7. The molecule has 0 spiro atoms. The van der Waals surface area contributed by atoms with E-state index in [0.717, 1.165) is 240 Å². The fourth-order valence-corrected chi connectivity index (χ4v) is 21.5. The van der Waals surface area contributed by atoms with Gasteiger partial charge in [-0.05, 0) is 214 Å². The van der Waals surface area contributed by atoms with Crippen LogP contribution in [0.5, 0.6) is 0 Å². The van der Waals surface area contributed by atoms with Crippen molar-refractivity contribution < 1.29 is 52.8 Å². The second-order valence-electron chi connectivity index (χ2n) is 37.2. The predicted molar refractivity (Wildman–Crippen MR) is 539 cm³/mol. The van der Waals surface area contributed by atoms with Crippen LogP contribution in [0, 0.1) is 69.2 Å². The van der Waals surface area contributed by atoms with Gasteiger partial charge in [-0.2, -0.15) is 38.5 Å². The monoisotopic (exact) mass is 1970 g/mol. The van der Waals surface area contributed by atoms with Crippen molar-refractivity contribution in [3.8, 4) is 0 Å². The van der Waals surface area contributed by atoms with Gasteiger partial charge in [0.05, 0.1) is 117 Å². The van der Waals surface area contributed by atoms with Crippen molar-refractivity contribution in [2.24, 2.45) is 0 Å². The maximum absolute atomic E-state index is 13.9. The van der Waals surface area contributed by atoms with Gasteiger partial charge in [-0.15, -0.1) is 0 Å². The molecule has 5 saturated heterocycles. The molecule has 4 atom stereocenters. The molecule has 0 unspecified atom stereocenters. The molecule has 12 aromatic rings. The van der Waals surface area contributed by atoms with Gasteiger partial charge < -0.3 is 39.2 Å². The summed E-state index contributed by atoms with van der Waals surface area (Å²) in [6.07, 6.45) is 17.2. The molecule has 732 valence electrons. The van der Waals surface area contributed by atoms with Crippen molar-refractivity contribution in [1.29, 1.82) is 0 Å². The molecule has 0 radical (unpaired) electrons. The normalized spacial score (nSPS) is 17.2. The SMILES string of the molecule is Cc1ccc(NS(C)(=O)=O)c(C(=O)N2CCCC[C@H]2c2cc3nc(C)c(C)c(N(C)C)n3n2)c1.Cc1ccc(NS(C)(=O)=O)c(C(=O)N2CCCC[C@H]2c2cc3nc(C)c(C)c(N4CCCC4)n3n2)c1.Cc1nc2cc([C@@H]3CCCCN3C(=O)c3cc(Cl)ccc3NS(C)(=O)=O)nn2c(N(C)C)c1C.Cc1nc2cc([C@@H]3CCCCN3C(=O)c3ccccc3NS(C)(=O)=O)nn2c(N(C)C)c1C. The van der Waals surface area contributed by atoms with Crippen LogP contribution < -0.4 is 38.5 Å². The molecule has 0 aliphatic carbocycles. The lowest BCUT2D eigenvalue weighted by molar-refractivity contribution is 0.0600. The summed E-state index contributed by atoms with van der Waals surface area (Å²) in [6, 6.07) is 28.6. The van der Waals surface area contributed by atoms with Gasteiger partial charge in [-0.25, -0.2) is 53.6 Å². The van der Waals surface area contributed by atoms with Crippen LogP contribution in [0.3, 0.4) is 0 Å². The Hall–Kier alpha value is -12.3. The van der Waals surface area contributed by atoms with E-state index in [4.69, 9.17) is 51.9 Å². The minimum Gasteiger partial charge on any atom is -0.362 e. The topological polar surface area (TPSA) is 400 Å². The van der Waals surface area contributed by atoms with Crippen molar-refractivity contribution in [3.63, 3.8) is 0 Å². The first-order valence-corrected chi connectivity index (χ1v) is 54.0. The molecule has 0 saturated carbocycles. The lowest BCUT2D eigenvalue weighted by Gasteiger charge is -2.35. The number of halogens is 1. The first-order valence-electron chi connectivity index (χ1n) is 46.1. The summed E-state index contributed by atoms with van der Waals surface area (Å²) in [5.74, 6) is 3.06. The number of aromatic nitrogens is 12. The van der Waals surface area contributed by atoms with Crippen molar-refractivity contribution in [2.45, 2.75) is 183 Å². The number of hydrogen-bond donors (Lipinski definition) is 4. The Morgan fingerprint density at radius 1 is 0.328 bits per heavy atom. The molecule has 4 N–H and O–H groups in total. The van der Waals surface area contributed by atoms with Gasteiger partial charge in [0, 0.05) is 156 Å². The van der Waals surface area contributed by atoms with Crippen LogP contribution in [0.4, 0.5) is 46.0 Å². The largest absolute Gasteiger partial charge is 0.362 e. The molecule has 8 aromatic heterocycles. The fourth-order valence-electron chi connectivity index (χ4n) is 19.1. The maximum Gasteiger partial charge on any atom is 0.256 e. The zero-order valence-electron chi connectivity index (χ0n) is 81.6. The van der Waals surface area contributed by atoms with Gasteiger partial charge in [0.25, 0.3) is 23.6 Å². The van der Waals surface area contributed by atoms with Crippen LogP contribution >= 0.6 is 11.6 Å². The smallest absolute Gasteiger partial charge is 0.256 e. The van der Waals surface area contributed by atoms with E-state index in [0.29, 0.717) is 59.3 Å². The third-order valence-corrected chi connectivity index (χ3v) is 28.3. The van der Waals surface area contributed by atoms with Crippen LogP contribution in [0.1, 0.15) is 234 Å². The number of anilines is 8. The number of nitrogens with zero attached hydrogens (tertiary/aromatic N) is 20. The first kappa shape index (κ1) is 101. The number of para-hydroxylation sites is 1. The van der Waals surface area contributed by atoms with E-state index in [9.17, 15) is 52.8 Å². The van der Waals surface area contributed by atoms with Crippen molar-refractivity contribution in [3.05, 3.63) is 209 Å². The van der Waals surface area contributed by atoms with E-state index in [1.165, 1.54) is 25.0 Å². The summed E-state index contributed by atoms with van der Waals surface area (Å²) < 4.78 is 112. The lowest BCUT2D eigenvalue weighted by Crippen LogP contribution is -2.39. The molecule has 13 heterocycles. The molecule has 5 aliphatic heterocycles. The summed E-state index contributed by atoms with van der Waals surface area (Å²) in [7, 11) is -2.31. The molecule has 5 fully saturated rings. The Kier molecular flexibility index (Phi) is 30.0. The number of benzene rings is 4. The zero-order valence-corrected chi connectivity index (χ0v) is 85.6. The summed E-state index contributed by atoms with van der Waals surface area (Å²) in [5.41, 5.74) is 18.4. The van der Waals surface area contributed by atoms with Crippen LogP contribution in [0.15, 0.2) is 103 Å². The van der Waals surface area contributed by atoms with E-state index < -0.39 is 40.1 Å². The molecule has 4 amide bonds. The van der Waals surface area contributed by atoms with Crippen molar-refractivity contribution in [1.82, 2.24) is 78.0 Å². The van der Waals surface area contributed by atoms with Crippen LogP contribution in [-0.4, -0.2) is 242 Å². The highest BCUT2D eigenvalue weighted by Crippen LogP contribution is 2.42. The van der Waals surface area contributed by atoms with Gasteiger partial charge in [0.2, 0.25) is 40.1 Å². The summed E-state index contributed by atoms with van der Waals surface area (Å²) in [5, 5.41) is 20.0. The molecule has 41 heteroatoms. The fraction of sp³-hybridized carbons (Fsp3) is 0.458. The van der Waals surface area contributed by atoms with Crippen LogP contribution in [0.2, 0.25) is 5.02 Å². The predicted octanol–water partition coefficient (Wildman–Crippen LogP) is 14.4. The number of amides is 4. The molecule has 0 bridgehead atoms. The molecule has 5 aliphatic rings. The number of rotatable bonds is 20. The Morgan fingerprint density at radius 3 is 0.920 bits per heavy atom. The molecular weight excluding hydrogens is 1840 g/mol. The number of fused-ring (bicyclic) bond motifs is 4. The quantitative estimate of drug-likeness (QED) is 0.0550. The second kappa shape index (κ2) is 40.8. The number of piperidine rings is 4. The molecule has 4 aromatic carbocycles. The molecule has 137 heavy (non-hydrogen) atoms. The van der Waals surface area contributed by atoms with E-state index >= 15 is 0 Å².